The number of carbonyl (C=O) groups excluding carboxylic acids is 4. The smallest absolute Gasteiger partial charge is 0.554 e. The van der Waals surface area contributed by atoms with Crippen molar-refractivity contribution in [1.82, 2.24) is 0 Å². The molecule has 0 saturated heterocycles. The van der Waals surface area contributed by atoms with E-state index in [9.17, 15) is 0 Å². The zero-order valence-electron chi connectivity index (χ0n) is 15.1. The molecule has 0 aromatic heterocycles. The minimum Gasteiger partial charge on any atom is -0.554 e. The molecule has 0 fully saturated rings. The molecular formula is C10H16O20PuU-. The van der Waals surface area contributed by atoms with Gasteiger partial charge in [-0.05, 0) is 0 Å². The van der Waals surface area contributed by atoms with Gasteiger partial charge >= 0.3 is 31.1 Å². The van der Waals surface area contributed by atoms with Crippen molar-refractivity contribution in [2.24, 2.45) is 0 Å². The average molecular weight is 938 g/mol. The van der Waals surface area contributed by atoms with Crippen LogP contribution in [0.1, 0.15) is 0 Å². The molecule has 0 atom stereocenters. The van der Waals surface area contributed by atoms with E-state index in [0.717, 1.165) is 0 Å². The third-order valence-electron chi connectivity index (χ3n) is 0. The van der Waals surface area contributed by atoms with Gasteiger partial charge in [0.25, 0.3) is 38.8 Å². The van der Waals surface area contributed by atoms with Crippen LogP contribution in [0.25, 0.3) is 0 Å². The van der Waals surface area contributed by atoms with Gasteiger partial charge in [0.1, 0.15) is 0 Å². The van der Waals surface area contributed by atoms with E-state index < -0.39 is 25.9 Å². The number of carbonyl (C=O) groups is 10. The summed E-state index contributed by atoms with van der Waals surface area (Å²) in [7, 11) is 0. The van der Waals surface area contributed by atoms with Crippen LogP contribution in [0.3, 0.4) is 0 Å². The molecule has 20 nitrogen and oxygen atoms in total. The van der Waals surface area contributed by atoms with Crippen LogP contribution < -0.4 is 20.4 Å². The molecule has 32 heavy (non-hydrogen) atoms. The maximum absolute atomic E-state index is 8.36. The third-order valence-corrected chi connectivity index (χ3v) is 0. The Morgan fingerprint density at radius 1 is 0.344 bits per heavy atom. The Bertz CT molecular complexity index is 215. The number of rotatable bonds is 0. The zero-order chi connectivity index (χ0) is 27.1. The fourth-order valence-electron chi connectivity index (χ4n) is 0. The zero-order valence-corrected chi connectivity index (χ0v) is 22.6. The van der Waals surface area contributed by atoms with E-state index in [4.69, 9.17) is 99.0 Å². The molecule has 0 aromatic carbocycles. The number of hydrogen-bond acceptors (Lipinski definition) is 14. The summed E-state index contributed by atoms with van der Waals surface area (Å²) in [6, 6.07) is 0. The van der Waals surface area contributed by atoms with Crippen molar-refractivity contribution >= 4 is 64.7 Å². The maximum Gasteiger partial charge on any atom is 3.00 e. The SMILES string of the molecule is O=CO.O=CO.O=CO.O=CO.O=CO.O=CO.O=C[O-].O=C[O-].O=C[O-].O=C[O-].[Pu].[U+3]. The van der Waals surface area contributed by atoms with Crippen LogP contribution in [-0.2, 0) is 47.9 Å². The van der Waals surface area contributed by atoms with Gasteiger partial charge in [0.05, 0.1) is 0 Å². The van der Waals surface area contributed by atoms with Crippen LogP contribution in [0.4, 0.5) is 0 Å². The van der Waals surface area contributed by atoms with E-state index in [0.29, 0.717) is 0 Å². The van der Waals surface area contributed by atoms with Crippen LogP contribution in [0, 0.1) is 60.3 Å². The van der Waals surface area contributed by atoms with Crippen molar-refractivity contribution < 1.29 is 159 Å². The summed E-state index contributed by atoms with van der Waals surface area (Å²) >= 11 is 0. The van der Waals surface area contributed by atoms with Gasteiger partial charge in [-0.2, -0.15) is 0 Å². The van der Waals surface area contributed by atoms with Crippen molar-refractivity contribution in [2.75, 3.05) is 0 Å². The summed E-state index contributed by atoms with van der Waals surface area (Å²) in [6.45, 7) is -3.50. The second kappa shape index (κ2) is 437. The van der Waals surface area contributed by atoms with E-state index in [1.54, 1.807) is 0 Å². The second-order valence-corrected chi connectivity index (χ2v) is 1.02. The van der Waals surface area contributed by atoms with Crippen molar-refractivity contribution in [1.29, 1.82) is 0 Å². The van der Waals surface area contributed by atoms with Crippen LogP contribution in [0.2, 0.25) is 0 Å². The Hall–Kier alpha value is -3.26. The average Bonchev–Trinajstić information content (AvgIpc) is 2.61. The summed E-state index contributed by atoms with van der Waals surface area (Å²) in [5, 5.41) is 74.3. The molecule has 0 unspecified atom stereocenters. The fraction of sp³-hybridized carbons (Fsp3) is 0. The molecule has 0 amide bonds. The predicted octanol–water partition coefficient (Wildman–Crippen LogP) is -8.33. The van der Waals surface area contributed by atoms with Crippen LogP contribution in [0.15, 0.2) is 0 Å². The molecule has 0 spiro atoms. The molecule has 0 aromatic rings. The summed E-state index contributed by atoms with van der Waals surface area (Å²) in [4.78, 5) is 83.2. The van der Waals surface area contributed by atoms with Crippen LogP contribution in [0.5, 0.6) is 0 Å². The van der Waals surface area contributed by atoms with Crippen molar-refractivity contribution in [2.45, 2.75) is 0 Å². The van der Waals surface area contributed by atoms with E-state index in [-0.39, 0.29) is 99.1 Å². The summed E-state index contributed by atoms with van der Waals surface area (Å²) < 4.78 is 0. The fourth-order valence-corrected chi connectivity index (χ4v) is 0. The number of hydrogen-bond donors (Lipinski definition) is 6. The summed E-state index contributed by atoms with van der Waals surface area (Å²) in [5.74, 6) is 0. The molecule has 22 heteroatoms. The Morgan fingerprint density at radius 2 is 0.344 bits per heavy atom. The normalized spacial score (nSPS) is 3.75. The van der Waals surface area contributed by atoms with Gasteiger partial charge in [-0.3, -0.25) is 28.8 Å². The molecule has 0 aliphatic rings. The molecule has 0 heterocycles. The Morgan fingerprint density at radius 3 is 0.344 bits per heavy atom. The molecular weight excluding hydrogens is 922 g/mol. The third kappa shape index (κ3) is 1670. The summed E-state index contributed by atoms with van der Waals surface area (Å²) in [5.41, 5.74) is 0. The topological polar surface area (TPSA) is 384 Å². The van der Waals surface area contributed by atoms with Crippen LogP contribution in [-0.4, -0.2) is 95.4 Å². The van der Waals surface area contributed by atoms with E-state index in [1.165, 1.54) is 0 Å². The van der Waals surface area contributed by atoms with Crippen LogP contribution >= 0.6 is 0 Å². The Balaban J connectivity index is -0.0000000138. The Kier molecular flexibility index (Phi) is 1080. The molecule has 6 N–H and O–H groups in total. The van der Waals surface area contributed by atoms with Gasteiger partial charge < -0.3 is 70.2 Å². The van der Waals surface area contributed by atoms with Gasteiger partial charge in [0.15, 0.2) is 0 Å². The summed E-state index contributed by atoms with van der Waals surface area (Å²) in [6.07, 6.45) is 0. The van der Waals surface area contributed by atoms with Crippen molar-refractivity contribution in [3.63, 3.8) is 0 Å². The predicted molar refractivity (Wildman–Crippen MR) is 76.4 cm³/mol. The van der Waals surface area contributed by atoms with Gasteiger partial charge in [-0.1, -0.05) is 0 Å². The van der Waals surface area contributed by atoms with E-state index >= 15 is 0 Å². The van der Waals surface area contributed by atoms with Gasteiger partial charge in [-0.25, -0.2) is 0 Å². The minimum atomic E-state index is -0.500. The molecule has 0 aliphatic carbocycles. The molecule has 187 valence electrons. The molecule has 0 rings (SSSR count). The monoisotopic (exact) mass is 932 g/mol. The first-order valence-electron chi connectivity index (χ1n) is 4.85. The quantitative estimate of drug-likeness (QED) is 0.123. The minimum absolute atomic E-state index is 0. The molecule has 0 bridgehead atoms. The van der Waals surface area contributed by atoms with E-state index in [1.807, 2.05) is 0 Å². The standard InChI is InChI=1S/10CH2O2.Pu.U/c10*2-1-3;;/h10*1H,(H,2,3);;/q;;;;;;;;;;;+3/p-4. The molecule has 0 saturated carbocycles. The largest absolute Gasteiger partial charge is 3.00 e. The van der Waals surface area contributed by atoms with Crippen molar-refractivity contribution in [3.05, 3.63) is 0 Å². The van der Waals surface area contributed by atoms with Gasteiger partial charge in [0, 0.05) is 55.1 Å². The van der Waals surface area contributed by atoms with E-state index in [2.05, 4.69) is 0 Å². The Labute approximate surface area is 223 Å². The first kappa shape index (κ1) is 78.9. The second-order valence-electron chi connectivity index (χ2n) is 1.02. The molecule has 1 radical (unpaired) electrons. The van der Waals surface area contributed by atoms with Gasteiger partial charge in [0.2, 0.25) is 0 Å². The number of carboxylic acid groups (broad SMARTS) is 10. The maximum atomic E-state index is 8.36. The first-order valence-corrected chi connectivity index (χ1v) is 4.85. The van der Waals surface area contributed by atoms with Crippen molar-refractivity contribution in [3.8, 4) is 0 Å². The van der Waals surface area contributed by atoms with Gasteiger partial charge in [-0.15, -0.1) is 0 Å². The first-order chi connectivity index (χ1) is 14.1. The molecule has 0 aliphatic heterocycles.